The third-order valence-electron chi connectivity index (χ3n) is 3.66. The number of hydrogen-bond acceptors (Lipinski definition) is 7. The quantitative estimate of drug-likeness (QED) is 0.609. The maximum Gasteiger partial charge on any atom is 0.329 e. The molecule has 1 aromatic carbocycles. The van der Waals surface area contributed by atoms with E-state index in [0.29, 0.717) is 15.6 Å². The van der Waals surface area contributed by atoms with Gasteiger partial charge in [-0.1, -0.05) is 27.7 Å². The maximum atomic E-state index is 12.4. The van der Waals surface area contributed by atoms with Crippen LogP contribution in [0.25, 0.3) is 0 Å². The molecule has 1 aliphatic rings. The van der Waals surface area contributed by atoms with Crippen molar-refractivity contribution in [2.45, 2.75) is 26.5 Å². The van der Waals surface area contributed by atoms with Crippen molar-refractivity contribution in [1.82, 2.24) is 14.5 Å². The van der Waals surface area contributed by atoms with E-state index in [1.807, 2.05) is 6.92 Å². The van der Waals surface area contributed by atoms with E-state index in [9.17, 15) is 14.4 Å². The number of amides is 2. The minimum atomic E-state index is -1.05. The summed E-state index contributed by atoms with van der Waals surface area (Å²) in [5.41, 5.74) is 1.78. The minimum absolute atomic E-state index is 0.166. The second-order valence-electron chi connectivity index (χ2n) is 5.31. The Hall–Kier alpha value is -2.32. The summed E-state index contributed by atoms with van der Waals surface area (Å²) in [5, 5.41) is 3.73. The summed E-state index contributed by atoms with van der Waals surface area (Å²) < 4.78 is 9.05. The molecule has 2 amide bonds. The van der Waals surface area contributed by atoms with Crippen molar-refractivity contribution in [3.8, 4) is 0 Å². The van der Waals surface area contributed by atoms with Crippen LogP contribution in [-0.2, 0) is 16.1 Å². The minimum Gasteiger partial charge on any atom is -0.457 e. The number of carbonyl (C=O) groups excluding carboxylic acids is 3. The highest BCUT2D eigenvalue weighted by atomic mass is 35.5. The highest BCUT2D eigenvalue weighted by molar-refractivity contribution is 7.10. The van der Waals surface area contributed by atoms with E-state index >= 15 is 0 Å². The maximum absolute atomic E-state index is 12.4. The molecule has 7 nitrogen and oxygen atoms in total. The molecule has 0 fully saturated rings. The monoisotopic (exact) mass is 365 g/mol. The second kappa shape index (κ2) is 6.29. The van der Waals surface area contributed by atoms with Crippen molar-refractivity contribution in [2.24, 2.45) is 0 Å². The van der Waals surface area contributed by atoms with Gasteiger partial charge in [-0.15, -0.1) is 5.10 Å². The van der Waals surface area contributed by atoms with Gasteiger partial charge in [0, 0.05) is 11.5 Å². The molecule has 1 unspecified atom stereocenters. The van der Waals surface area contributed by atoms with Gasteiger partial charge in [-0.25, -0.2) is 4.79 Å². The van der Waals surface area contributed by atoms with Crippen molar-refractivity contribution in [3.05, 3.63) is 44.9 Å². The average molecular weight is 366 g/mol. The largest absolute Gasteiger partial charge is 0.457 e. The number of esters is 1. The first-order chi connectivity index (χ1) is 11.4. The molecule has 24 heavy (non-hydrogen) atoms. The lowest BCUT2D eigenvalue weighted by molar-refractivity contribution is -0.149. The molecule has 0 radical (unpaired) electrons. The van der Waals surface area contributed by atoms with Crippen molar-refractivity contribution in [2.75, 3.05) is 0 Å². The Morgan fingerprint density at radius 1 is 1.33 bits per heavy atom. The zero-order valence-electron chi connectivity index (χ0n) is 12.8. The number of imide groups is 1. The predicted molar refractivity (Wildman–Crippen MR) is 85.9 cm³/mol. The van der Waals surface area contributed by atoms with Crippen molar-refractivity contribution >= 4 is 40.9 Å². The third kappa shape index (κ3) is 2.78. The van der Waals surface area contributed by atoms with Gasteiger partial charge >= 0.3 is 5.97 Å². The van der Waals surface area contributed by atoms with Gasteiger partial charge in [0.2, 0.25) is 0 Å². The summed E-state index contributed by atoms with van der Waals surface area (Å²) in [5.74, 6) is -1.73. The van der Waals surface area contributed by atoms with Crippen LogP contribution in [0.1, 0.15) is 38.9 Å². The fourth-order valence-corrected chi connectivity index (χ4v) is 2.97. The van der Waals surface area contributed by atoms with Crippen LogP contribution in [0.4, 0.5) is 0 Å². The summed E-state index contributed by atoms with van der Waals surface area (Å²) in [6.45, 7) is 3.10. The molecule has 0 spiro atoms. The summed E-state index contributed by atoms with van der Waals surface area (Å²) in [7, 11) is 0. The lowest BCUT2D eigenvalue weighted by Gasteiger charge is -2.20. The van der Waals surface area contributed by atoms with Crippen LogP contribution in [0.5, 0.6) is 0 Å². The molecule has 1 aromatic heterocycles. The molecular formula is C15H12ClN3O4S. The van der Waals surface area contributed by atoms with Crippen LogP contribution in [0.2, 0.25) is 4.34 Å². The molecule has 2 heterocycles. The van der Waals surface area contributed by atoms with Gasteiger partial charge in [0.05, 0.1) is 11.1 Å². The molecule has 124 valence electrons. The molecule has 0 saturated carbocycles. The number of carbonyl (C=O) groups is 3. The van der Waals surface area contributed by atoms with E-state index in [0.717, 1.165) is 22.0 Å². The lowest BCUT2D eigenvalue weighted by atomic mass is 10.1. The van der Waals surface area contributed by atoms with Crippen LogP contribution in [0.15, 0.2) is 18.2 Å². The average Bonchev–Trinajstić information content (AvgIpc) is 3.06. The molecular weight excluding hydrogens is 354 g/mol. The zero-order chi connectivity index (χ0) is 17.4. The van der Waals surface area contributed by atoms with Crippen LogP contribution in [0, 0.1) is 6.92 Å². The van der Waals surface area contributed by atoms with Crippen LogP contribution < -0.4 is 0 Å². The molecule has 0 saturated heterocycles. The Morgan fingerprint density at radius 2 is 2.04 bits per heavy atom. The van der Waals surface area contributed by atoms with Gasteiger partial charge in [-0.3, -0.25) is 14.5 Å². The normalized spacial score (nSPS) is 14.7. The van der Waals surface area contributed by atoms with Gasteiger partial charge in [0.1, 0.15) is 22.7 Å². The van der Waals surface area contributed by atoms with E-state index in [1.165, 1.54) is 6.92 Å². The second-order valence-corrected chi connectivity index (χ2v) is 6.66. The number of aryl methyl sites for hydroxylation is 1. The van der Waals surface area contributed by atoms with Gasteiger partial charge in [-0.05, 0) is 26.0 Å². The Kier molecular flexibility index (Phi) is 4.33. The summed E-state index contributed by atoms with van der Waals surface area (Å²) >= 11 is 6.81. The first-order valence-electron chi connectivity index (χ1n) is 7.02. The van der Waals surface area contributed by atoms with E-state index in [4.69, 9.17) is 16.3 Å². The van der Waals surface area contributed by atoms with Gasteiger partial charge < -0.3 is 4.74 Å². The fourth-order valence-electron chi connectivity index (χ4n) is 2.37. The van der Waals surface area contributed by atoms with Gasteiger partial charge in [0.25, 0.3) is 11.8 Å². The van der Waals surface area contributed by atoms with E-state index in [-0.39, 0.29) is 12.2 Å². The summed E-state index contributed by atoms with van der Waals surface area (Å²) in [6, 6.07) is 3.91. The number of fused-ring (bicyclic) bond motifs is 1. The number of hydrogen-bond donors (Lipinski definition) is 0. The van der Waals surface area contributed by atoms with Crippen molar-refractivity contribution in [1.29, 1.82) is 0 Å². The fraction of sp³-hybridized carbons (Fsp3) is 0.267. The number of aromatic nitrogens is 2. The first kappa shape index (κ1) is 16.5. The van der Waals surface area contributed by atoms with Crippen molar-refractivity contribution in [3.63, 3.8) is 0 Å². The first-order valence-corrected chi connectivity index (χ1v) is 8.17. The number of ether oxygens (including phenoxy) is 1. The number of benzene rings is 1. The molecule has 1 atom stereocenters. The Bertz CT molecular complexity index is 851. The summed E-state index contributed by atoms with van der Waals surface area (Å²) in [6.07, 6.45) is 0. The Labute approximate surface area is 146 Å². The van der Waals surface area contributed by atoms with Gasteiger partial charge in [-0.2, -0.15) is 0 Å². The molecule has 3 rings (SSSR count). The lowest BCUT2D eigenvalue weighted by Crippen LogP contribution is -2.43. The molecule has 0 bridgehead atoms. The number of halogens is 1. The number of rotatable bonds is 4. The SMILES string of the molecule is Cc1ccc2c(c1)C(=O)N(C(C)C(=O)OCc1nnsc1Cl)C2=O. The van der Waals surface area contributed by atoms with Gasteiger partial charge in [0.15, 0.2) is 0 Å². The predicted octanol–water partition coefficient (Wildman–Crippen LogP) is 2.23. The van der Waals surface area contributed by atoms with E-state index < -0.39 is 23.8 Å². The highest BCUT2D eigenvalue weighted by Crippen LogP contribution is 2.26. The number of nitrogens with zero attached hydrogens (tertiary/aromatic N) is 3. The highest BCUT2D eigenvalue weighted by Gasteiger charge is 2.41. The molecule has 1 aliphatic heterocycles. The van der Waals surface area contributed by atoms with Crippen LogP contribution in [-0.4, -0.2) is 38.3 Å². The summed E-state index contributed by atoms with van der Waals surface area (Å²) in [4.78, 5) is 38.0. The Balaban J connectivity index is 1.74. The standard InChI is InChI=1S/C15H12ClN3O4S/c1-7-3-4-9-10(5-7)14(21)19(13(9)20)8(2)15(22)23-6-11-12(16)24-18-17-11/h3-5,8H,6H2,1-2H3. The smallest absolute Gasteiger partial charge is 0.329 e. The zero-order valence-corrected chi connectivity index (χ0v) is 14.3. The van der Waals surface area contributed by atoms with Crippen LogP contribution >= 0.6 is 23.1 Å². The van der Waals surface area contributed by atoms with E-state index in [2.05, 4.69) is 9.59 Å². The molecule has 0 N–H and O–H groups in total. The molecule has 0 aliphatic carbocycles. The van der Waals surface area contributed by atoms with Crippen LogP contribution in [0.3, 0.4) is 0 Å². The molecule has 2 aromatic rings. The third-order valence-corrected chi connectivity index (χ3v) is 4.65. The Morgan fingerprint density at radius 3 is 2.71 bits per heavy atom. The van der Waals surface area contributed by atoms with E-state index in [1.54, 1.807) is 18.2 Å². The molecule has 9 heteroatoms. The van der Waals surface area contributed by atoms with Crippen molar-refractivity contribution < 1.29 is 19.1 Å². The topological polar surface area (TPSA) is 89.5 Å².